The Morgan fingerprint density at radius 2 is 2.18 bits per heavy atom. The molecule has 1 saturated carbocycles. The first-order valence-corrected chi connectivity index (χ1v) is 5.44. The van der Waals surface area contributed by atoms with Crippen LogP contribution in [0.3, 0.4) is 0 Å². The Bertz CT molecular complexity index is 577. The normalized spacial score (nSPS) is 15.2. The van der Waals surface area contributed by atoms with Crippen LogP contribution in [0.5, 0.6) is 5.75 Å². The van der Waals surface area contributed by atoms with Crippen molar-refractivity contribution >= 4 is 0 Å². The molecule has 1 aliphatic rings. The average Bonchev–Trinajstić information content (AvgIpc) is 3.02. The van der Waals surface area contributed by atoms with E-state index in [4.69, 9.17) is 0 Å². The standard InChI is InChI=1S/C11H11FN4O/c1-6-4-9(10(17)5-8(6)12)16-11(7-2-3-7)13-14-15-16/h4-5,7,17H,2-3H2,1H3. The molecule has 0 aliphatic heterocycles. The zero-order chi connectivity index (χ0) is 12.0. The highest BCUT2D eigenvalue weighted by atomic mass is 19.1. The second-order valence-electron chi connectivity index (χ2n) is 4.31. The third kappa shape index (κ3) is 1.65. The Hall–Kier alpha value is -1.98. The quantitative estimate of drug-likeness (QED) is 0.858. The van der Waals surface area contributed by atoms with E-state index in [1.54, 1.807) is 13.0 Å². The molecule has 5 nitrogen and oxygen atoms in total. The van der Waals surface area contributed by atoms with Gasteiger partial charge in [0, 0.05) is 12.0 Å². The molecule has 2 aromatic rings. The first kappa shape index (κ1) is 10.2. The molecule has 1 fully saturated rings. The van der Waals surface area contributed by atoms with Crippen LogP contribution in [-0.4, -0.2) is 25.3 Å². The Morgan fingerprint density at radius 3 is 2.88 bits per heavy atom. The minimum atomic E-state index is -0.438. The molecule has 1 heterocycles. The summed E-state index contributed by atoms with van der Waals surface area (Å²) in [6.45, 7) is 1.64. The van der Waals surface area contributed by atoms with Crippen molar-refractivity contribution in [1.82, 2.24) is 20.2 Å². The number of hydrogen-bond donors (Lipinski definition) is 1. The topological polar surface area (TPSA) is 63.8 Å². The summed E-state index contributed by atoms with van der Waals surface area (Å²) in [5, 5.41) is 21.2. The third-order valence-electron chi connectivity index (χ3n) is 2.92. The van der Waals surface area contributed by atoms with Crippen molar-refractivity contribution in [3.63, 3.8) is 0 Å². The SMILES string of the molecule is Cc1cc(-n2nnnc2C2CC2)c(O)cc1F. The molecule has 0 unspecified atom stereocenters. The van der Waals surface area contributed by atoms with Gasteiger partial charge in [-0.1, -0.05) is 0 Å². The number of aromatic nitrogens is 4. The fraction of sp³-hybridized carbons (Fsp3) is 0.364. The van der Waals surface area contributed by atoms with E-state index in [2.05, 4.69) is 15.5 Å². The highest BCUT2D eigenvalue weighted by Gasteiger charge is 2.30. The molecule has 0 bridgehead atoms. The van der Waals surface area contributed by atoms with E-state index < -0.39 is 5.82 Å². The molecule has 0 radical (unpaired) electrons. The van der Waals surface area contributed by atoms with Crippen molar-refractivity contribution < 1.29 is 9.50 Å². The molecule has 0 spiro atoms. The number of benzene rings is 1. The summed E-state index contributed by atoms with van der Waals surface area (Å²) >= 11 is 0. The van der Waals surface area contributed by atoms with E-state index in [9.17, 15) is 9.50 Å². The third-order valence-corrected chi connectivity index (χ3v) is 2.92. The zero-order valence-electron chi connectivity index (χ0n) is 9.26. The van der Waals surface area contributed by atoms with Gasteiger partial charge in [0.1, 0.15) is 17.3 Å². The van der Waals surface area contributed by atoms with Gasteiger partial charge in [0.2, 0.25) is 0 Å². The van der Waals surface area contributed by atoms with Crippen LogP contribution in [-0.2, 0) is 0 Å². The number of phenolic OH excluding ortho intramolecular Hbond substituents is 1. The Balaban J connectivity index is 2.14. The van der Waals surface area contributed by atoms with E-state index in [1.165, 1.54) is 4.68 Å². The molecule has 1 aromatic carbocycles. The van der Waals surface area contributed by atoms with Gasteiger partial charge in [-0.15, -0.1) is 5.10 Å². The van der Waals surface area contributed by atoms with Crippen molar-refractivity contribution in [2.75, 3.05) is 0 Å². The molecule has 1 aromatic heterocycles. The minimum absolute atomic E-state index is 0.151. The van der Waals surface area contributed by atoms with E-state index >= 15 is 0 Å². The summed E-state index contributed by atoms with van der Waals surface area (Å²) in [4.78, 5) is 0. The lowest BCUT2D eigenvalue weighted by molar-refractivity contribution is 0.462. The van der Waals surface area contributed by atoms with Gasteiger partial charge in [-0.05, 0) is 41.8 Å². The molecule has 0 amide bonds. The smallest absolute Gasteiger partial charge is 0.159 e. The molecule has 1 N–H and O–H groups in total. The van der Waals surface area contributed by atoms with E-state index in [-0.39, 0.29) is 5.75 Å². The molecule has 17 heavy (non-hydrogen) atoms. The van der Waals surface area contributed by atoms with Crippen molar-refractivity contribution in [3.8, 4) is 11.4 Å². The van der Waals surface area contributed by atoms with Crippen LogP contribution in [0.25, 0.3) is 5.69 Å². The van der Waals surface area contributed by atoms with Crippen molar-refractivity contribution in [3.05, 3.63) is 29.3 Å². The lowest BCUT2D eigenvalue weighted by Gasteiger charge is -2.07. The molecule has 6 heteroatoms. The Morgan fingerprint density at radius 1 is 1.41 bits per heavy atom. The Labute approximate surface area is 96.9 Å². The van der Waals surface area contributed by atoms with Gasteiger partial charge < -0.3 is 5.11 Å². The molecule has 1 aliphatic carbocycles. The van der Waals surface area contributed by atoms with Crippen LogP contribution in [0, 0.1) is 12.7 Å². The van der Waals surface area contributed by atoms with Crippen LogP contribution >= 0.6 is 0 Å². The lowest BCUT2D eigenvalue weighted by atomic mass is 10.2. The van der Waals surface area contributed by atoms with Crippen molar-refractivity contribution in [2.24, 2.45) is 0 Å². The number of rotatable bonds is 2. The first-order chi connectivity index (χ1) is 8.16. The minimum Gasteiger partial charge on any atom is -0.506 e. The summed E-state index contributed by atoms with van der Waals surface area (Å²) in [5.41, 5.74) is 0.880. The van der Waals surface area contributed by atoms with Crippen LogP contribution in [0.4, 0.5) is 4.39 Å². The zero-order valence-corrected chi connectivity index (χ0v) is 9.26. The van der Waals surface area contributed by atoms with E-state index in [1.807, 2.05) is 0 Å². The number of halogens is 1. The van der Waals surface area contributed by atoms with Gasteiger partial charge in [0.05, 0.1) is 0 Å². The lowest BCUT2D eigenvalue weighted by Crippen LogP contribution is -2.03. The summed E-state index contributed by atoms with van der Waals surface area (Å²) in [7, 11) is 0. The summed E-state index contributed by atoms with van der Waals surface area (Å²) < 4.78 is 14.7. The Kier molecular flexibility index (Phi) is 2.10. The molecule has 88 valence electrons. The highest BCUT2D eigenvalue weighted by molar-refractivity contribution is 5.48. The monoisotopic (exact) mass is 234 g/mol. The van der Waals surface area contributed by atoms with Crippen molar-refractivity contribution in [1.29, 1.82) is 0 Å². The number of nitrogens with zero attached hydrogens (tertiary/aromatic N) is 4. The summed E-state index contributed by atoms with van der Waals surface area (Å²) in [6.07, 6.45) is 2.11. The van der Waals surface area contributed by atoms with E-state index in [0.717, 1.165) is 24.7 Å². The van der Waals surface area contributed by atoms with Crippen LogP contribution < -0.4 is 0 Å². The number of aromatic hydroxyl groups is 1. The number of tetrazole rings is 1. The number of phenols is 1. The fourth-order valence-electron chi connectivity index (χ4n) is 1.79. The van der Waals surface area contributed by atoms with Gasteiger partial charge in [-0.2, -0.15) is 4.68 Å². The molecule has 0 saturated heterocycles. The number of hydrogen-bond acceptors (Lipinski definition) is 4. The second-order valence-corrected chi connectivity index (χ2v) is 4.31. The van der Waals surface area contributed by atoms with Crippen LogP contribution in [0.1, 0.15) is 30.1 Å². The molecule has 3 rings (SSSR count). The molecule has 0 atom stereocenters. The van der Waals surface area contributed by atoms with Gasteiger partial charge in [-0.3, -0.25) is 0 Å². The number of aryl methyl sites for hydroxylation is 1. The van der Waals surface area contributed by atoms with Crippen LogP contribution in [0.2, 0.25) is 0 Å². The second kappa shape index (κ2) is 3.51. The first-order valence-electron chi connectivity index (χ1n) is 5.44. The summed E-state index contributed by atoms with van der Waals surface area (Å²) in [6, 6.07) is 2.63. The summed E-state index contributed by atoms with van der Waals surface area (Å²) in [5.74, 6) is 0.496. The maximum Gasteiger partial charge on any atom is 0.159 e. The van der Waals surface area contributed by atoms with Gasteiger partial charge in [0.25, 0.3) is 0 Å². The largest absolute Gasteiger partial charge is 0.506 e. The maximum absolute atomic E-state index is 13.3. The fourth-order valence-corrected chi connectivity index (χ4v) is 1.79. The van der Waals surface area contributed by atoms with Crippen LogP contribution in [0.15, 0.2) is 12.1 Å². The highest BCUT2D eigenvalue weighted by Crippen LogP contribution is 2.40. The van der Waals surface area contributed by atoms with Gasteiger partial charge >= 0.3 is 0 Å². The predicted octanol–water partition coefficient (Wildman–Crippen LogP) is 1.69. The van der Waals surface area contributed by atoms with Gasteiger partial charge in [-0.25, -0.2) is 4.39 Å². The predicted molar refractivity (Wildman–Crippen MR) is 57.5 cm³/mol. The molecular formula is C11H11FN4O. The van der Waals surface area contributed by atoms with E-state index in [0.29, 0.717) is 17.2 Å². The average molecular weight is 234 g/mol. The molecular weight excluding hydrogens is 223 g/mol. The maximum atomic E-state index is 13.3. The van der Waals surface area contributed by atoms with Gasteiger partial charge in [0.15, 0.2) is 5.82 Å². The van der Waals surface area contributed by atoms with Crippen molar-refractivity contribution in [2.45, 2.75) is 25.7 Å².